The fourth-order valence-electron chi connectivity index (χ4n) is 3.80. The number of hydrogen-bond acceptors (Lipinski definition) is 3. The van der Waals surface area contributed by atoms with Gasteiger partial charge in [0.25, 0.3) is 0 Å². The topological polar surface area (TPSA) is 52.7 Å². The van der Waals surface area contributed by atoms with Gasteiger partial charge < -0.3 is 10.2 Å². The maximum atomic E-state index is 12.7. The largest absolute Gasteiger partial charge is 0.340 e. The number of rotatable bonds is 6. The fraction of sp³-hybridized carbons (Fsp3) is 0.333. The van der Waals surface area contributed by atoms with E-state index in [2.05, 4.69) is 34.5 Å². The molecule has 2 amide bonds. The van der Waals surface area contributed by atoms with Gasteiger partial charge in [-0.1, -0.05) is 60.7 Å². The van der Waals surface area contributed by atoms with Crippen LogP contribution in [0.2, 0.25) is 0 Å². The van der Waals surface area contributed by atoms with Crippen LogP contribution in [0.3, 0.4) is 0 Å². The molecule has 5 heteroatoms. The lowest BCUT2D eigenvalue weighted by Crippen LogP contribution is -2.49. The third-order valence-electron chi connectivity index (χ3n) is 5.64. The van der Waals surface area contributed by atoms with E-state index in [0.717, 1.165) is 38.4 Å². The standard InChI is InChI=1S/C24H27N3O2/c28-23(25-20-11-5-2-6-12-20)21-18-22(21)24(29)27-16-14-26(15-17-27)13-7-10-19-8-3-1-4-9-19/h1-12,21-22H,13-18H2,(H,25,28)/b10-7+. The second-order valence-electron chi connectivity index (χ2n) is 7.74. The quantitative estimate of drug-likeness (QED) is 0.826. The predicted molar refractivity (Wildman–Crippen MR) is 115 cm³/mol. The molecule has 1 aliphatic heterocycles. The Kier molecular flexibility index (Phi) is 6.06. The van der Waals surface area contributed by atoms with Gasteiger partial charge >= 0.3 is 0 Å². The lowest BCUT2D eigenvalue weighted by Gasteiger charge is -2.34. The summed E-state index contributed by atoms with van der Waals surface area (Å²) in [4.78, 5) is 29.4. The summed E-state index contributed by atoms with van der Waals surface area (Å²) in [6.45, 7) is 4.11. The minimum absolute atomic E-state index is 0.0424. The Hall–Kier alpha value is -2.92. The zero-order valence-electron chi connectivity index (χ0n) is 16.5. The van der Waals surface area contributed by atoms with Crippen molar-refractivity contribution in [3.8, 4) is 0 Å². The normalized spacial score (nSPS) is 21.9. The Morgan fingerprint density at radius 3 is 2.24 bits per heavy atom. The Morgan fingerprint density at radius 2 is 1.55 bits per heavy atom. The molecule has 1 saturated carbocycles. The molecule has 0 radical (unpaired) electrons. The van der Waals surface area contributed by atoms with E-state index >= 15 is 0 Å². The summed E-state index contributed by atoms with van der Waals surface area (Å²) in [5.74, 6) is -0.241. The van der Waals surface area contributed by atoms with Crippen LogP contribution in [0.4, 0.5) is 5.69 Å². The van der Waals surface area contributed by atoms with Crippen molar-refractivity contribution < 1.29 is 9.59 Å². The van der Waals surface area contributed by atoms with Crippen molar-refractivity contribution in [3.05, 3.63) is 72.3 Å². The summed E-state index contributed by atoms with van der Waals surface area (Å²) < 4.78 is 0. The lowest BCUT2D eigenvalue weighted by atomic mass is 10.2. The van der Waals surface area contributed by atoms with Crippen LogP contribution in [0.5, 0.6) is 0 Å². The second kappa shape index (κ2) is 9.05. The SMILES string of the molecule is O=C(Nc1ccccc1)C1CC1C(=O)N1CCN(C/C=C/c2ccccc2)CC1. The molecule has 4 rings (SSSR count). The molecule has 1 N–H and O–H groups in total. The first-order chi connectivity index (χ1) is 14.2. The molecule has 2 aromatic carbocycles. The predicted octanol–water partition coefficient (Wildman–Crippen LogP) is 3.12. The average Bonchev–Trinajstić information content (AvgIpc) is 3.56. The Labute approximate surface area is 172 Å². The lowest BCUT2D eigenvalue weighted by molar-refractivity contribution is -0.135. The first-order valence-electron chi connectivity index (χ1n) is 10.3. The van der Waals surface area contributed by atoms with Gasteiger partial charge in [-0.3, -0.25) is 14.5 Å². The maximum Gasteiger partial charge on any atom is 0.228 e. The number of hydrogen-bond donors (Lipinski definition) is 1. The molecule has 1 aliphatic carbocycles. The van der Waals surface area contributed by atoms with Gasteiger partial charge in [0, 0.05) is 38.4 Å². The van der Waals surface area contributed by atoms with Crippen molar-refractivity contribution in [1.29, 1.82) is 0 Å². The van der Waals surface area contributed by atoms with Crippen LogP contribution in [0, 0.1) is 11.8 Å². The minimum Gasteiger partial charge on any atom is -0.340 e. The van der Waals surface area contributed by atoms with Crippen LogP contribution in [-0.4, -0.2) is 54.3 Å². The van der Waals surface area contributed by atoms with E-state index in [0.29, 0.717) is 6.42 Å². The van der Waals surface area contributed by atoms with Crippen LogP contribution in [0.15, 0.2) is 66.7 Å². The number of carbonyl (C=O) groups excluding carboxylic acids is 2. The monoisotopic (exact) mass is 389 g/mol. The molecule has 5 nitrogen and oxygen atoms in total. The van der Waals surface area contributed by atoms with Crippen LogP contribution < -0.4 is 5.32 Å². The van der Waals surface area contributed by atoms with Crippen LogP contribution in [-0.2, 0) is 9.59 Å². The van der Waals surface area contributed by atoms with E-state index in [9.17, 15) is 9.59 Å². The average molecular weight is 389 g/mol. The van der Waals surface area contributed by atoms with E-state index in [1.165, 1.54) is 5.56 Å². The maximum absolute atomic E-state index is 12.7. The third-order valence-corrected chi connectivity index (χ3v) is 5.64. The van der Waals surface area contributed by atoms with Gasteiger partial charge in [0.1, 0.15) is 0 Å². The number of nitrogens with one attached hydrogen (secondary N) is 1. The van der Waals surface area contributed by atoms with Gasteiger partial charge in [-0.05, 0) is 24.1 Å². The Morgan fingerprint density at radius 1 is 0.897 bits per heavy atom. The van der Waals surface area contributed by atoms with Crippen molar-refractivity contribution in [2.24, 2.45) is 11.8 Å². The fourth-order valence-corrected chi connectivity index (χ4v) is 3.80. The smallest absolute Gasteiger partial charge is 0.228 e. The number of para-hydroxylation sites is 1. The van der Waals surface area contributed by atoms with Crippen molar-refractivity contribution >= 4 is 23.6 Å². The molecule has 0 bridgehead atoms. The van der Waals surface area contributed by atoms with Gasteiger partial charge in [-0.2, -0.15) is 0 Å². The van der Waals surface area contributed by atoms with Gasteiger partial charge in [-0.25, -0.2) is 0 Å². The van der Waals surface area contributed by atoms with E-state index in [-0.39, 0.29) is 23.7 Å². The summed E-state index contributed by atoms with van der Waals surface area (Å²) >= 11 is 0. The molecule has 2 aliphatic rings. The highest BCUT2D eigenvalue weighted by molar-refractivity contribution is 5.99. The van der Waals surface area contributed by atoms with Crippen LogP contribution in [0.25, 0.3) is 6.08 Å². The van der Waals surface area contributed by atoms with E-state index in [1.807, 2.05) is 53.4 Å². The van der Waals surface area contributed by atoms with E-state index in [4.69, 9.17) is 0 Å². The molecule has 150 valence electrons. The number of carbonyl (C=O) groups is 2. The first-order valence-corrected chi connectivity index (χ1v) is 10.3. The van der Waals surface area contributed by atoms with Gasteiger partial charge in [0.2, 0.25) is 11.8 Å². The number of anilines is 1. The molecular weight excluding hydrogens is 362 g/mol. The molecule has 2 aromatic rings. The number of piperazine rings is 1. The molecule has 2 unspecified atom stereocenters. The van der Waals surface area contributed by atoms with Gasteiger partial charge in [0.15, 0.2) is 0 Å². The number of benzene rings is 2. The third kappa shape index (κ3) is 5.12. The van der Waals surface area contributed by atoms with Crippen molar-refractivity contribution in [1.82, 2.24) is 9.80 Å². The number of amides is 2. The van der Waals surface area contributed by atoms with Gasteiger partial charge in [0.05, 0.1) is 11.8 Å². The number of nitrogens with zero attached hydrogens (tertiary/aromatic N) is 2. The van der Waals surface area contributed by atoms with Crippen LogP contribution in [0.1, 0.15) is 12.0 Å². The molecular formula is C24H27N3O2. The molecule has 0 aromatic heterocycles. The van der Waals surface area contributed by atoms with E-state index in [1.54, 1.807) is 0 Å². The molecule has 2 atom stereocenters. The molecule has 1 saturated heterocycles. The van der Waals surface area contributed by atoms with Crippen molar-refractivity contribution in [2.45, 2.75) is 6.42 Å². The molecule has 1 heterocycles. The van der Waals surface area contributed by atoms with Crippen LogP contribution >= 0.6 is 0 Å². The Balaban J connectivity index is 1.20. The second-order valence-corrected chi connectivity index (χ2v) is 7.74. The summed E-state index contributed by atoms with van der Waals surface area (Å²) in [5.41, 5.74) is 1.99. The minimum atomic E-state index is -0.186. The first kappa shape index (κ1) is 19.4. The highest BCUT2D eigenvalue weighted by Gasteiger charge is 2.49. The summed E-state index contributed by atoms with van der Waals surface area (Å²) in [6.07, 6.45) is 4.98. The summed E-state index contributed by atoms with van der Waals surface area (Å²) in [5, 5.41) is 2.91. The zero-order chi connectivity index (χ0) is 20.1. The highest BCUT2D eigenvalue weighted by Crippen LogP contribution is 2.41. The molecule has 0 spiro atoms. The summed E-state index contributed by atoms with van der Waals surface area (Å²) in [6, 6.07) is 19.7. The zero-order valence-corrected chi connectivity index (χ0v) is 16.5. The molecule has 29 heavy (non-hydrogen) atoms. The van der Waals surface area contributed by atoms with Crippen molar-refractivity contribution in [2.75, 3.05) is 38.0 Å². The molecule has 2 fully saturated rings. The summed E-state index contributed by atoms with van der Waals surface area (Å²) in [7, 11) is 0. The van der Waals surface area contributed by atoms with Crippen molar-refractivity contribution in [3.63, 3.8) is 0 Å². The van der Waals surface area contributed by atoms with E-state index < -0.39 is 0 Å². The highest BCUT2D eigenvalue weighted by atomic mass is 16.2. The Bertz CT molecular complexity index is 858. The van der Waals surface area contributed by atoms with Gasteiger partial charge in [-0.15, -0.1) is 0 Å².